The van der Waals surface area contributed by atoms with Gasteiger partial charge in [-0.05, 0) is 48.2 Å². The Morgan fingerprint density at radius 2 is 2.06 bits per heavy atom. The molecule has 2 saturated heterocycles. The van der Waals surface area contributed by atoms with E-state index in [0.29, 0.717) is 37.4 Å². The molecule has 3 aromatic heterocycles. The Bertz CT molecular complexity index is 1490. The van der Waals surface area contributed by atoms with E-state index < -0.39 is 17.4 Å². The van der Waals surface area contributed by atoms with Crippen LogP contribution in [0.15, 0.2) is 53.8 Å². The molecule has 0 aliphatic carbocycles. The van der Waals surface area contributed by atoms with Crippen molar-refractivity contribution in [1.29, 1.82) is 0 Å². The maximum Gasteiger partial charge on any atom is 0.418 e. The van der Waals surface area contributed by atoms with Crippen LogP contribution < -0.4 is 11.0 Å². The van der Waals surface area contributed by atoms with Crippen molar-refractivity contribution in [2.75, 3.05) is 26.3 Å². The molecule has 2 aliphatic rings. The lowest BCUT2D eigenvalue weighted by molar-refractivity contribution is -0.136. The van der Waals surface area contributed by atoms with E-state index in [1.54, 1.807) is 18.6 Å². The number of alkyl halides is 3. The molecule has 5 heterocycles. The summed E-state index contributed by atoms with van der Waals surface area (Å²) >= 11 is 0. The van der Waals surface area contributed by atoms with Crippen LogP contribution in [0.4, 0.5) is 13.2 Å². The predicted molar refractivity (Wildman–Crippen MR) is 125 cm³/mol. The number of ether oxygens (including phenoxy) is 1. The summed E-state index contributed by atoms with van der Waals surface area (Å²) in [6.07, 6.45) is 1.22. The monoisotopic (exact) mass is 498 g/mol. The molecule has 2 fully saturated rings. The van der Waals surface area contributed by atoms with Gasteiger partial charge in [-0.15, -0.1) is 10.2 Å². The lowest BCUT2D eigenvalue weighted by Crippen LogP contribution is -2.49. The number of hydrogen-bond donors (Lipinski definition) is 1. The number of imidazole rings is 1. The smallest absolute Gasteiger partial charge is 0.379 e. The number of pyridine rings is 1. The van der Waals surface area contributed by atoms with Crippen LogP contribution in [-0.2, 0) is 29.8 Å². The van der Waals surface area contributed by atoms with Crippen LogP contribution in [0, 0.1) is 0 Å². The van der Waals surface area contributed by atoms with Crippen molar-refractivity contribution in [3.63, 3.8) is 0 Å². The molecule has 0 bridgehead atoms. The summed E-state index contributed by atoms with van der Waals surface area (Å²) in [5.74, 6) is 0.743. The van der Waals surface area contributed by atoms with Gasteiger partial charge in [0, 0.05) is 37.8 Å². The van der Waals surface area contributed by atoms with Crippen molar-refractivity contribution in [3.05, 3.63) is 82.1 Å². The average molecular weight is 499 g/mol. The van der Waals surface area contributed by atoms with Gasteiger partial charge in [-0.2, -0.15) is 13.2 Å². The second kappa shape index (κ2) is 8.31. The first kappa shape index (κ1) is 23.0. The van der Waals surface area contributed by atoms with E-state index in [-0.39, 0.29) is 16.8 Å². The molecular formula is C25H25F3N6O2. The molecule has 1 N–H and O–H groups in total. The lowest BCUT2D eigenvalue weighted by Gasteiger charge is -2.41. The molecular weight excluding hydrogens is 473 g/mol. The first-order valence-electron chi connectivity index (χ1n) is 11.8. The maximum atomic E-state index is 14.0. The van der Waals surface area contributed by atoms with Gasteiger partial charge < -0.3 is 14.6 Å². The number of hydrogen-bond acceptors (Lipinski definition) is 5. The fourth-order valence-corrected chi connectivity index (χ4v) is 5.26. The standard InChI is InChI=1S/C25H25F3N6O2/c1-32-15-30-31-22(32)9-24(13-36-14-24)18-3-2-4-19(8-18)33-12-21-20(25(26,27)28)7-17(11-34(21)23(33)35)16-5-6-29-10-16/h2-4,7-8,11-12,15-16,29H,5-6,9-10,13-14H2,1H3. The minimum absolute atomic E-state index is 0.0619. The minimum Gasteiger partial charge on any atom is -0.379 e. The SMILES string of the molecule is Cn1cnnc1CC1(c2cccc(-n3cc4c(C(F)(F)F)cc(C5CCNC5)cn4c3=O)c2)COC1. The summed E-state index contributed by atoms with van der Waals surface area (Å²) in [7, 11) is 1.87. The third-order valence-electron chi connectivity index (χ3n) is 7.42. The number of nitrogens with one attached hydrogen (secondary N) is 1. The number of aryl methyl sites for hydroxylation is 1. The van der Waals surface area contributed by atoms with E-state index in [9.17, 15) is 18.0 Å². The highest BCUT2D eigenvalue weighted by Gasteiger charge is 2.42. The van der Waals surface area contributed by atoms with Crippen LogP contribution in [0.2, 0.25) is 0 Å². The molecule has 0 radical (unpaired) electrons. The predicted octanol–water partition coefficient (Wildman–Crippen LogP) is 2.83. The quantitative estimate of drug-likeness (QED) is 0.458. The Labute approximate surface area is 204 Å². The molecule has 0 spiro atoms. The van der Waals surface area contributed by atoms with E-state index in [1.807, 2.05) is 29.8 Å². The molecule has 0 amide bonds. The van der Waals surface area contributed by atoms with Gasteiger partial charge in [0.1, 0.15) is 12.2 Å². The van der Waals surface area contributed by atoms with Gasteiger partial charge in [0.15, 0.2) is 0 Å². The molecule has 4 aromatic rings. The zero-order valence-electron chi connectivity index (χ0n) is 19.6. The van der Waals surface area contributed by atoms with Crippen molar-refractivity contribution in [2.45, 2.75) is 30.4 Å². The number of benzene rings is 1. The van der Waals surface area contributed by atoms with E-state index >= 15 is 0 Å². The summed E-state index contributed by atoms with van der Waals surface area (Å²) in [4.78, 5) is 13.4. The number of nitrogens with zero attached hydrogens (tertiary/aromatic N) is 5. The van der Waals surface area contributed by atoms with Crippen LogP contribution in [0.3, 0.4) is 0 Å². The lowest BCUT2D eigenvalue weighted by atomic mass is 9.75. The van der Waals surface area contributed by atoms with Crippen molar-refractivity contribution < 1.29 is 17.9 Å². The highest BCUT2D eigenvalue weighted by Crippen LogP contribution is 2.37. The largest absolute Gasteiger partial charge is 0.418 e. The van der Waals surface area contributed by atoms with Crippen LogP contribution in [0.5, 0.6) is 0 Å². The number of aromatic nitrogens is 5. The van der Waals surface area contributed by atoms with E-state index in [1.165, 1.54) is 16.8 Å². The average Bonchev–Trinajstić information content (AvgIpc) is 3.57. The Balaban J connectivity index is 1.45. The molecule has 188 valence electrons. The Kier molecular flexibility index (Phi) is 5.31. The summed E-state index contributed by atoms with van der Waals surface area (Å²) in [6, 6.07) is 8.55. The number of halogens is 3. The zero-order valence-corrected chi connectivity index (χ0v) is 19.6. The third-order valence-corrected chi connectivity index (χ3v) is 7.42. The first-order valence-corrected chi connectivity index (χ1v) is 11.8. The summed E-state index contributed by atoms with van der Waals surface area (Å²) in [6.45, 7) is 2.29. The topological polar surface area (TPSA) is 78.4 Å². The number of fused-ring (bicyclic) bond motifs is 1. The van der Waals surface area contributed by atoms with Gasteiger partial charge in [-0.1, -0.05) is 12.1 Å². The first-order chi connectivity index (χ1) is 17.2. The second-order valence-corrected chi connectivity index (χ2v) is 9.77. The van der Waals surface area contributed by atoms with Crippen LogP contribution in [0.25, 0.3) is 11.2 Å². The van der Waals surface area contributed by atoms with Gasteiger partial charge in [-0.3, -0.25) is 8.97 Å². The molecule has 2 aliphatic heterocycles. The molecule has 1 aromatic carbocycles. The Hall–Kier alpha value is -3.44. The van der Waals surface area contributed by atoms with Crippen LogP contribution in [-0.4, -0.2) is 50.0 Å². The summed E-state index contributed by atoms with van der Waals surface area (Å²) < 4.78 is 52.0. The van der Waals surface area contributed by atoms with Crippen molar-refractivity contribution in [1.82, 2.24) is 29.0 Å². The summed E-state index contributed by atoms with van der Waals surface area (Å²) in [5, 5.41) is 11.3. The van der Waals surface area contributed by atoms with Crippen LogP contribution in [0.1, 0.15) is 34.9 Å². The zero-order chi connectivity index (χ0) is 25.1. The minimum atomic E-state index is -4.59. The highest BCUT2D eigenvalue weighted by molar-refractivity contribution is 5.58. The van der Waals surface area contributed by atoms with Gasteiger partial charge >= 0.3 is 11.9 Å². The molecule has 8 nitrogen and oxygen atoms in total. The highest BCUT2D eigenvalue weighted by atomic mass is 19.4. The van der Waals surface area contributed by atoms with Gasteiger partial charge in [0.25, 0.3) is 0 Å². The second-order valence-electron chi connectivity index (χ2n) is 9.77. The Morgan fingerprint density at radius 3 is 2.69 bits per heavy atom. The van der Waals surface area contributed by atoms with Gasteiger partial charge in [-0.25, -0.2) is 4.79 Å². The number of rotatable bonds is 5. The Morgan fingerprint density at radius 1 is 1.22 bits per heavy atom. The molecule has 1 atom stereocenters. The molecule has 36 heavy (non-hydrogen) atoms. The fourth-order valence-electron chi connectivity index (χ4n) is 5.26. The summed E-state index contributed by atoms with van der Waals surface area (Å²) in [5.41, 5.74) is 0.112. The molecule has 11 heteroatoms. The van der Waals surface area contributed by atoms with E-state index in [4.69, 9.17) is 4.74 Å². The fraction of sp³-hybridized carbons (Fsp3) is 0.400. The van der Waals surface area contributed by atoms with Crippen molar-refractivity contribution >= 4 is 5.52 Å². The molecule has 1 unspecified atom stereocenters. The van der Waals surface area contributed by atoms with Crippen molar-refractivity contribution in [3.8, 4) is 5.69 Å². The van der Waals surface area contributed by atoms with E-state index in [2.05, 4.69) is 15.5 Å². The maximum absolute atomic E-state index is 14.0. The van der Waals surface area contributed by atoms with Crippen LogP contribution >= 0.6 is 0 Å². The van der Waals surface area contributed by atoms with Crippen molar-refractivity contribution in [2.24, 2.45) is 7.05 Å². The van der Waals surface area contributed by atoms with Gasteiger partial charge in [0.05, 0.1) is 30.0 Å². The van der Waals surface area contributed by atoms with E-state index in [0.717, 1.165) is 28.8 Å². The molecule has 0 saturated carbocycles. The normalized spacial score (nSPS) is 19.6. The van der Waals surface area contributed by atoms with Gasteiger partial charge in [0.2, 0.25) is 0 Å². The third kappa shape index (κ3) is 3.73. The molecule has 6 rings (SSSR count).